The minimum atomic E-state index is 0.0721. The number of hydrogen-bond acceptors (Lipinski definition) is 16. The summed E-state index contributed by atoms with van der Waals surface area (Å²) in [5.74, 6) is 1.82. The van der Waals surface area contributed by atoms with Crippen molar-refractivity contribution in [1.29, 1.82) is 0 Å². The molecule has 0 aliphatic carbocycles. The first-order valence-electron chi connectivity index (χ1n) is 16.4. The molecule has 0 amide bonds. The van der Waals surface area contributed by atoms with Crippen LogP contribution in [0.2, 0.25) is 5.02 Å². The van der Waals surface area contributed by atoms with Gasteiger partial charge in [-0.1, -0.05) is 23.4 Å². The van der Waals surface area contributed by atoms with E-state index in [4.69, 9.17) is 49.4 Å². The Morgan fingerprint density at radius 1 is 0.980 bits per heavy atom. The summed E-state index contributed by atoms with van der Waals surface area (Å²) in [4.78, 5) is 28.5. The van der Waals surface area contributed by atoms with E-state index in [1.165, 1.54) is 18.1 Å². The highest BCUT2D eigenvalue weighted by Crippen LogP contribution is 2.42. The number of nitrogens with zero attached hydrogens (tertiary/aromatic N) is 9. The molecule has 0 radical (unpaired) electrons. The summed E-state index contributed by atoms with van der Waals surface area (Å²) in [6.45, 7) is 8.58. The fourth-order valence-corrected chi connectivity index (χ4v) is 7.56. The second-order valence-electron chi connectivity index (χ2n) is 13.0. The summed E-state index contributed by atoms with van der Waals surface area (Å²) in [6.07, 6.45) is 6.87. The second kappa shape index (κ2) is 13.6. The summed E-state index contributed by atoms with van der Waals surface area (Å²) in [5.41, 5.74) is 33.6. The van der Waals surface area contributed by atoms with Crippen molar-refractivity contribution in [3.05, 3.63) is 48.0 Å². The summed E-state index contributed by atoms with van der Waals surface area (Å²) in [5, 5.41) is 6.39. The highest BCUT2D eigenvalue weighted by molar-refractivity contribution is 7.99. The van der Waals surface area contributed by atoms with Crippen LogP contribution < -0.4 is 33.6 Å². The molecule has 2 fully saturated rings. The minimum absolute atomic E-state index is 0.0721. The van der Waals surface area contributed by atoms with Gasteiger partial charge in [0.15, 0.2) is 17.0 Å². The molecule has 2 aliphatic rings. The Kier molecular flexibility index (Phi) is 9.21. The van der Waals surface area contributed by atoms with Crippen LogP contribution in [0.15, 0.2) is 57.3 Å². The van der Waals surface area contributed by atoms with E-state index >= 15 is 0 Å². The van der Waals surface area contributed by atoms with Gasteiger partial charge in [-0.3, -0.25) is 0 Å². The molecular weight excluding hydrogens is 692 g/mol. The Bertz CT molecular complexity index is 2220. The lowest BCUT2D eigenvalue weighted by molar-refractivity contribution is 0.0974. The van der Waals surface area contributed by atoms with E-state index in [1.54, 1.807) is 18.5 Å². The summed E-state index contributed by atoms with van der Waals surface area (Å²) in [7, 11) is 0. The Hall–Kier alpha value is -4.97. The predicted molar refractivity (Wildman–Crippen MR) is 199 cm³/mol. The van der Waals surface area contributed by atoms with Crippen LogP contribution in [0.5, 0.6) is 0 Å². The Balaban J connectivity index is 0.000000162. The topological polar surface area (TPSA) is 251 Å². The van der Waals surface area contributed by atoms with Crippen molar-refractivity contribution in [1.82, 2.24) is 39.7 Å². The van der Waals surface area contributed by atoms with Crippen molar-refractivity contribution in [2.75, 3.05) is 47.5 Å². The first-order chi connectivity index (χ1) is 24.4. The number of hydrogen-bond donors (Lipinski definition) is 5. The van der Waals surface area contributed by atoms with Crippen molar-refractivity contribution in [2.45, 2.75) is 61.7 Å². The highest BCUT2D eigenvalue weighted by Gasteiger charge is 2.47. The zero-order chi connectivity index (χ0) is 36.0. The van der Waals surface area contributed by atoms with Gasteiger partial charge in [0.2, 0.25) is 0 Å². The molecule has 0 bridgehead atoms. The minimum Gasteiger partial charge on any atom is -0.424 e. The van der Waals surface area contributed by atoms with E-state index < -0.39 is 0 Å². The average molecular weight is 731 g/mol. The van der Waals surface area contributed by atoms with Crippen molar-refractivity contribution in [2.24, 2.45) is 11.1 Å². The summed E-state index contributed by atoms with van der Waals surface area (Å²) >= 11 is 7.53. The van der Waals surface area contributed by atoms with Gasteiger partial charge in [0.25, 0.3) is 6.01 Å². The van der Waals surface area contributed by atoms with Crippen molar-refractivity contribution >= 4 is 74.8 Å². The fraction of sp³-hybridized carbons (Fsp3) is 0.364. The van der Waals surface area contributed by atoms with Gasteiger partial charge in [-0.05, 0) is 57.9 Å². The largest absolute Gasteiger partial charge is 0.424 e. The molecule has 2 saturated heterocycles. The van der Waals surface area contributed by atoms with Crippen LogP contribution >= 0.6 is 23.4 Å². The quantitative estimate of drug-likeness (QED) is 0.163. The Morgan fingerprint density at radius 3 is 2.47 bits per heavy atom. The lowest BCUT2D eigenvalue weighted by Crippen LogP contribution is -2.50. The van der Waals surface area contributed by atoms with Gasteiger partial charge >= 0.3 is 0 Å². The predicted octanol–water partition coefficient (Wildman–Crippen LogP) is 4.55. The molecule has 18 heteroatoms. The smallest absolute Gasteiger partial charge is 0.292 e. The zero-order valence-corrected chi connectivity index (χ0v) is 29.9. The monoisotopic (exact) mass is 730 g/mol. The molecule has 7 heterocycles. The molecule has 1 aromatic carbocycles. The summed E-state index contributed by atoms with van der Waals surface area (Å²) < 4.78 is 12.9. The molecule has 2 atom stereocenters. The van der Waals surface area contributed by atoms with Crippen molar-refractivity contribution in [3.63, 3.8) is 0 Å². The molecule has 10 N–H and O–H groups in total. The zero-order valence-electron chi connectivity index (χ0n) is 28.3. The number of nitrogens with two attached hydrogens (primary N) is 5. The second-order valence-corrected chi connectivity index (χ2v) is 14.4. The molecular formula is C33H39ClN14O2S. The number of piperidine rings is 1. The molecule has 2 unspecified atom stereocenters. The number of nitrogen functional groups attached to an aromatic ring is 4. The first-order valence-corrected chi connectivity index (χ1v) is 17.6. The lowest BCUT2D eigenvalue weighted by atomic mass is 9.73. The number of benzene rings is 1. The molecule has 1 spiro atoms. The van der Waals surface area contributed by atoms with Gasteiger partial charge < -0.3 is 42.7 Å². The van der Waals surface area contributed by atoms with E-state index in [0.717, 1.165) is 59.9 Å². The number of rotatable bonds is 5. The van der Waals surface area contributed by atoms with Crippen LogP contribution in [-0.4, -0.2) is 71.5 Å². The van der Waals surface area contributed by atoms with Gasteiger partial charge in [-0.15, -0.1) is 0 Å². The van der Waals surface area contributed by atoms with Gasteiger partial charge in [0.1, 0.15) is 40.0 Å². The number of oxazole rings is 1. The maximum absolute atomic E-state index is 6.39. The number of aromatic nitrogens is 8. The fourth-order valence-electron chi connectivity index (χ4n) is 6.54. The van der Waals surface area contributed by atoms with Crippen molar-refractivity contribution < 1.29 is 9.15 Å². The Morgan fingerprint density at radius 2 is 1.76 bits per heavy atom. The van der Waals surface area contributed by atoms with Crippen LogP contribution in [0.1, 0.15) is 39.7 Å². The third-order valence-electron chi connectivity index (χ3n) is 9.45. The maximum atomic E-state index is 6.39. The van der Waals surface area contributed by atoms with Crippen LogP contribution in [0.3, 0.4) is 0 Å². The maximum Gasteiger partial charge on any atom is 0.292 e. The van der Waals surface area contributed by atoms with Gasteiger partial charge in [-0.25, -0.2) is 29.6 Å². The van der Waals surface area contributed by atoms with Gasteiger partial charge in [-0.2, -0.15) is 10.1 Å². The lowest BCUT2D eigenvalue weighted by Gasteiger charge is -2.41. The number of fused-ring (bicyclic) bond motifs is 2. The molecule has 16 nitrogen and oxygen atoms in total. The van der Waals surface area contributed by atoms with E-state index in [-0.39, 0.29) is 35.4 Å². The molecule has 0 saturated carbocycles. The number of ether oxygens (including phenoxy) is 1. The molecule has 5 aromatic heterocycles. The third-order valence-corrected chi connectivity index (χ3v) is 11.0. The first kappa shape index (κ1) is 34.5. The number of anilines is 5. The van der Waals surface area contributed by atoms with Crippen LogP contribution in [-0.2, 0) is 4.74 Å². The molecule has 51 heavy (non-hydrogen) atoms. The van der Waals surface area contributed by atoms with Crippen LogP contribution in [0, 0.1) is 5.41 Å². The molecule has 266 valence electrons. The third kappa shape index (κ3) is 6.53. The van der Waals surface area contributed by atoms with E-state index in [1.807, 2.05) is 36.7 Å². The van der Waals surface area contributed by atoms with Gasteiger partial charge in [0.05, 0.1) is 29.3 Å². The Labute approximate surface area is 302 Å². The number of halogens is 1. The molecule has 2 aliphatic heterocycles. The standard InChI is InChI=1S/C18H24ClN7OS.C15H15N7O/c1-10-14(20)18(9-27-10)3-6-26(7-4-18)12-8-24-17(16(22)25-12)28-11-2-5-23-15(21)13(11)19;1-7(2)22-14-11(13(16)18-6-19-14)12(21-22)8-3-4-10-9(5-8)20-15(17)23-10/h2,5,8,10,14H,3-4,6-7,9,20H2,1H3,(H2,21,23)(H2,22,25);3-7H,1-2H3,(H2,17,20)(H2,16,18,19). The van der Waals surface area contributed by atoms with E-state index in [2.05, 4.69) is 46.8 Å². The van der Waals surface area contributed by atoms with Crippen LogP contribution in [0.25, 0.3) is 33.4 Å². The highest BCUT2D eigenvalue weighted by atomic mass is 35.5. The molecule has 6 aromatic rings. The van der Waals surface area contributed by atoms with Gasteiger partial charge in [0, 0.05) is 47.2 Å². The SMILES string of the molecule is CC(C)n1nc(-c2ccc3oc(N)nc3c2)c2c(N)ncnc21.CC1OCC2(CCN(c3cnc(Sc4ccnc(N)c4Cl)c(N)n3)CC2)C1N. The average Bonchev–Trinajstić information content (AvgIpc) is 3.78. The van der Waals surface area contributed by atoms with E-state index in [9.17, 15) is 0 Å². The van der Waals surface area contributed by atoms with E-state index in [0.29, 0.717) is 38.4 Å². The summed E-state index contributed by atoms with van der Waals surface area (Å²) in [6, 6.07) is 7.72. The van der Waals surface area contributed by atoms with Crippen molar-refractivity contribution in [3.8, 4) is 11.3 Å². The molecule has 8 rings (SSSR count). The van der Waals surface area contributed by atoms with Crippen LogP contribution in [0.4, 0.5) is 29.3 Å². The normalized spacial score (nSPS) is 18.5. The number of pyridine rings is 1.